The van der Waals surface area contributed by atoms with E-state index in [0.717, 1.165) is 0 Å². The molecule has 0 aromatic rings. The molecular weight excluding hydrogens is 362 g/mol. The van der Waals surface area contributed by atoms with Crippen LogP contribution >= 0.6 is 0 Å². The van der Waals surface area contributed by atoms with Crippen LogP contribution in [0.1, 0.15) is 61.3 Å². The van der Waals surface area contributed by atoms with E-state index in [1.54, 1.807) is 20.8 Å². The molecule has 3 aliphatic heterocycles. The molecule has 0 radical (unpaired) electrons. The van der Waals surface area contributed by atoms with Crippen molar-refractivity contribution in [1.82, 2.24) is 4.90 Å². The van der Waals surface area contributed by atoms with Gasteiger partial charge in [0.15, 0.2) is 0 Å². The van der Waals surface area contributed by atoms with Crippen molar-refractivity contribution in [3.05, 3.63) is 0 Å². The first-order valence-corrected chi connectivity index (χ1v) is 9.33. The number of rotatable bonds is 1. The SMILES string of the molecule is CC(C)(C)OC(=O)N1CC2(B3OC(C)(C)C(C)(C)O3)CC(C(F)(F)F)(C1)C2. The number of carbonyl (C=O) groups is 1. The highest BCUT2D eigenvalue weighted by atomic mass is 19.4. The van der Waals surface area contributed by atoms with Gasteiger partial charge in [-0.2, -0.15) is 13.2 Å². The molecule has 1 saturated carbocycles. The van der Waals surface area contributed by atoms with E-state index in [1.165, 1.54) is 4.90 Å². The van der Waals surface area contributed by atoms with E-state index in [9.17, 15) is 18.0 Å². The predicted molar refractivity (Wildman–Crippen MR) is 94.3 cm³/mol. The van der Waals surface area contributed by atoms with Gasteiger partial charge in [-0.25, -0.2) is 4.79 Å². The summed E-state index contributed by atoms with van der Waals surface area (Å²) in [6, 6.07) is 0. The Morgan fingerprint density at radius 3 is 1.89 bits per heavy atom. The summed E-state index contributed by atoms with van der Waals surface area (Å²) < 4.78 is 59.0. The second-order valence-electron chi connectivity index (χ2n) is 10.4. The molecule has 0 unspecified atom stereocenters. The molecule has 5 nitrogen and oxygen atoms in total. The van der Waals surface area contributed by atoms with E-state index in [0.29, 0.717) is 0 Å². The Morgan fingerprint density at radius 1 is 1.00 bits per heavy atom. The molecule has 1 amide bonds. The second kappa shape index (κ2) is 5.56. The molecule has 0 N–H and O–H groups in total. The van der Waals surface area contributed by atoms with E-state index < -0.39 is 46.9 Å². The van der Waals surface area contributed by atoms with Crippen molar-refractivity contribution in [2.75, 3.05) is 13.1 Å². The lowest BCUT2D eigenvalue weighted by molar-refractivity contribution is -0.282. The van der Waals surface area contributed by atoms with Crippen LogP contribution in [0.4, 0.5) is 18.0 Å². The third-order valence-electron chi connectivity index (χ3n) is 6.39. The van der Waals surface area contributed by atoms with Crippen molar-refractivity contribution in [3.63, 3.8) is 0 Å². The monoisotopic (exact) mass is 391 g/mol. The first kappa shape index (κ1) is 20.8. The van der Waals surface area contributed by atoms with Crippen molar-refractivity contribution >= 4 is 13.2 Å². The van der Waals surface area contributed by atoms with E-state index in [-0.39, 0.29) is 25.9 Å². The maximum atomic E-state index is 13.8. The van der Waals surface area contributed by atoms with Gasteiger partial charge in [0.25, 0.3) is 0 Å². The summed E-state index contributed by atoms with van der Waals surface area (Å²) in [7, 11) is -0.789. The number of carbonyl (C=O) groups excluding carboxylic acids is 1. The largest absolute Gasteiger partial charge is 0.466 e. The smallest absolute Gasteiger partial charge is 0.444 e. The van der Waals surface area contributed by atoms with Crippen molar-refractivity contribution in [3.8, 4) is 0 Å². The third-order valence-corrected chi connectivity index (χ3v) is 6.39. The number of amides is 1. The number of piperidine rings is 2. The first-order chi connectivity index (χ1) is 11.9. The van der Waals surface area contributed by atoms with Crippen LogP contribution in [0.5, 0.6) is 0 Å². The zero-order chi connectivity index (χ0) is 20.7. The Hall–Kier alpha value is -0.955. The molecule has 4 fully saturated rings. The van der Waals surface area contributed by atoms with Gasteiger partial charge in [0, 0.05) is 18.4 Å². The first-order valence-electron chi connectivity index (χ1n) is 9.33. The molecule has 3 heterocycles. The van der Waals surface area contributed by atoms with Gasteiger partial charge in [0.2, 0.25) is 0 Å². The van der Waals surface area contributed by atoms with Crippen LogP contribution in [0.2, 0.25) is 5.31 Å². The lowest BCUT2D eigenvalue weighted by Crippen LogP contribution is -2.70. The predicted octanol–water partition coefficient (Wildman–Crippen LogP) is 4.41. The lowest BCUT2D eigenvalue weighted by atomic mass is 9.36. The van der Waals surface area contributed by atoms with Crippen molar-refractivity contribution < 1.29 is 32.0 Å². The number of halogens is 3. The van der Waals surface area contributed by atoms with Gasteiger partial charge in [0.1, 0.15) is 5.60 Å². The van der Waals surface area contributed by atoms with Crippen molar-refractivity contribution in [2.45, 2.75) is 89.6 Å². The number of fused-ring (bicyclic) bond motifs is 2. The van der Waals surface area contributed by atoms with Crippen LogP contribution in [0, 0.1) is 5.41 Å². The van der Waals surface area contributed by atoms with Gasteiger partial charge < -0.3 is 18.9 Å². The molecular formula is C18H29BF3NO4. The normalized spacial score (nSPS) is 35.0. The second-order valence-corrected chi connectivity index (χ2v) is 10.4. The van der Waals surface area contributed by atoms with Gasteiger partial charge in [-0.15, -0.1) is 0 Å². The molecule has 0 spiro atoms. The minimum Gasteiger partial charge on any atom is -0.444 e. The molecule has 2 bridgehead atoms. The van der Waals surface area contributed by atoms with Crippen molar-refractivity contribution in [1.29, 1.82) is 0 Å². The lowest BCUT2D eigenvalue weighted by Gasteiger charge is -2.63. The van der Waals surface area contributed by atoms with Gasteiger partial charge in [-0.3, -0.25) is 0 Å². The van der Waals surface area contributed by atoms with Crippen LogP contribution in [-0.4, -0.2) is 54.2 Å². The quantitative estimate of drug-likeness (QED) is 0.622. The van der Waals surface area contributed by atoms with Gasteiger partial charge in [0.05, 0.1) is 16.6 Å². The molecule has 3 saturated heterocycles. The Morgan fingerprint density at radius 2 is 1.48 bits per heavy atom. The average Bonchev–Trinajstić information content (AvgIpc) is 2.63. The topological polar surface area (TPSA) is 48.0 Å². The summed E-state index contributed by atoms with van der Waals surface area (Å²) in [6.45, 7) is 12.3. The van der Waals surface area contributed by atoms with Gasteiger partial charge in [-0.05, 0) is 61.3 Å². The summed E-state index contributed by atoms with van der Waals surface area (Å²) in [4.78, 5) is 13.7. The molecule has 4 aliphatic rings. The number of ether oxygens (including phenoxy) is 1. The third kappa shape index (κ3) is 3.24. The summed E-state index contributed by atoms with van der Waals surface area (Å²) in [6.07, 6.45) is -5.32. The Balaban J connectivity index is 1.88. The van der Waals surface area contributed by atoms with Gasteiger partial charge in [-0.1, -0.05) is 0 Å². The molecule has 0 aromatic carbocycles. The van der Waals surface area contributed by atoms with Crippen LogP contribution in [0.15, 0.2) is 0 Å². The number of nitrogens with zero attached hydrogens (tertiary/aromatic N) is 1. The van der Waals surface area contributed by atoms with Crippen LogP contribution in [0.25, 0.3) is 0 Å². The maximum Gasteiger partial charge on any atom is 0.466 e. The molecule has 9 heteroatoms. The zero-order valence-corrected chi connectivity index (χ0v) is 17.1. The van der Waals surface area contributed by atoms with Crippen LogP contribution in [-0.2, 0) is 14.0 Å². The minimum atomic E-state index is -4.40. The fourth-order valence-corrected chi connectivity index (χ4v) is 4.40. The zero-order valence-electron chi connectivity index (χ0n) is 17.1. The highest BCUT2D eigenvalue weighted by molar-refractivity contribution is 6.50. The van der Waals surface area contributed by atoms with Gasteiger partial charge >= 0.3 is 19.4 Å². The van der Waals surface area contributed by atoms with Crippen LogP contribution < -0.4 is 0 Å². The molecule has 154 valence electrons. The summed E-state index contributed by atoms with van der Waals surface area (Å²) >= 11 is 0. The van der Waals surface area contributed by atoms with Crippen LogP contribution in [0.3, 0.4) is 0 Å². The minimum absolute atomic E-state index is 0.0976. The van der Waals surface area contributed by atoms with E-state index in [1.807, 2.05) is 27.7 Å². The number of alkyl halides is 3. The fourth-order valence-electron chi connectivity index (χ4n) is 4.40. The fraction of sp³-hybridized carbons (Fsp3) is 0.944. The Kier molecular flexibility index (Phi) is 4.28. The van der Waals surface area contributed by atoms with E-state index in [4.69, 9.17) is 14.0 Å². The molecule has 0 atom stereocenters. The Labute approximate surface area is 159 Å². The molecule has 0 aromatic heterocycles. The molecule has 27 heavy (non-hydrogen) atoms. The highest BCUT2D eigenvalue weighted by Crippen LogP contribution is 2.71. The summed E-state index contributed by atoms with van der Waals surface area (Å²) in [5.74, 6) is 0. The van der Waals surface area contributed by atoms with E-state index >= 15 is 0 Å². The molecule has 1 aliphatic carbocycles. The molecule has 4 rings (SSSR count). The van der Waals surface area contributed by atoms with E-state index in [2.05, 4.69) is 0 Å². The number of hydrogen-bond donors (Lipinski definition) is 0. The maximum absolute atomic E-state index is 13.8. The number of hydrogen-bond acceptors (Lipinski definition) is 4. The summed E-state index contributed by atoms with van der Waals surface area (Å²) in [5, 5.41) is -0.879. The average molecular weight is 391 g/mol. The highest BCUT2D eigenvalue weighted by Gasteiger charge is 2.77. The summed E-state index contributed by atoms with van der Waals surface area (Å²) in [5.41, 5.74) is -3.98. The Bertz CT molecular complexity index is 619. The standard InChI is InChI=1S/C18H29BF3NO4/c1-13(2,3)25-12(24)23-10-16(18(20,21)22)8-17(9-16,11-23)19-26-14(4,5)15(6,7)27-19/h8-11H2,1-7H3. The van der Waals surface area contributed by atoms with Crippen molar-refractivity contribution in [2.24, 2.45) is 5.41 Å².